The quantitative estimate of drug-likeness (QED) is 0.601. The number of nitrogens with one attached hydrogen (secondary N) is 1. The van der Waals surface area contributed by atoms with E-state index in [1.807, 2.05) is 6.92 Å². The Morgan fingerprint density at radius 3 is 2.63 bits per heavy atom. The lowest BCUT2D eigenvalue weighted by Crippen LogP contribution is -2.46. The van der Waals surface area contributed by atoms with Crippen LogP contribution in [-0.2, 0) is 17.4 Å². The highest BCUT2D eigenvalue weighted by atomic mass is 19.4. The zero-order valence-electron chi connectivity index (χ0n) is 16.9. The van der Waals surface area contributed by atoms with Gasteiger partial charge in [-0.15, -0.1) is 0 Å². The summed E-state index contributed by atoms with van der Waals surface area (Å²) in [5.41, 5.74) is -2.53. The summed E-state index contributed by atoms with van der Waals surface area (Å²) in [6, 6.07) is 5.06. The molecule has 2 aromatic rings. The van der Waals surface area contributed by atoms with Crippen molar-refractivity contribution in [3.63, 3.8) is 0 Å². The number of amides is 1. The Morgan fingerprint density at radius 2 is 2.07 bits per heavy atom. The SMILES string of the molecule is CCOc1cc(/C=C/C(=O)NCCC(O)(c2nccn2C)C(F)(F)F)ccc1OC. The van der Waals surface area contributed by atoms with Gasteiger partial charge < -0.3 is 24.5 Å². The van der Waals surface area contributed by atoms with Gasteiger partial charge in [0.05, 0.1) is 13.7 Å². The van der Waals surface area contributed by atoms with Crippen molar-refractivity contribution in [1.82, 2.24) is 14.9 Å². The molecule has 1 atom stereocenters. The van der Waals surface area contributed by atoms with Crippen LogP contribution in [0.15, 0.2) is 36.7 Å². The van der Waals surface area contributed by atoms with Crippen LogP contribution >= 0.6 is 0 Å². The highest BCUT2D eigenvalue weighted by Crippen LogP contribution is 2.40. The molecule has 164 valence electrons. The van der Waals surface area contributed by atoms with E-state index in [4.69, 9.17) is 9.47 Å². The van der Waals surface area contributed by atoms with E-state index in [-0.39, 0.29) is 0 Å². The molecule has 0 aliphatic rings. The average Bonchev–Trinajstić information content (AvgIpc) is 3.12. The first-order valence-corrected chi connectivity index (χ1v) is 9.16. The number of hydrogen-bond acceptors (Lipinski definition) is 5. The maximum atomic E-state index is 13.5. The van der Waals surface area contributed by atoms with Crippen LogP contribution in [0.1, 0.15) is 24.7 Å². The number of methoxy groups -OCH3 is 1. The number of benzene rings is 1. The molecule has 0 saturated heterocycles. The molecule has 7 nitrogen and oxygen atoms in total. The van der Waals surface area contributed by atoms with Gasteiger partial charge in [0.2, 0.25) is 11.5 Å². The summed E-state index contributed by atoms with van der Waals surface area (Å²) in [5, 5.41) is 12.6. The first-order chi connectivity index (χ1) is 14.1. The van der Waals surface area contributed by atoms with E-state index in [0.717, 1.165) is 4.57 Å². The molecule has 1 aromatic heterocycles. The van der Waals surface area contributed by atoms with Crippen LogP contribution in [-0.4, -0.2) is 47.0 Å². The van der Waals surface area contributed by atoms with Crippen molar-refractivity contribution >= 4 is 12.0 Å². The third-order valence-electron chi connectivity index (χ3n) is 4.36. The van der Waals surface area contributed by atoms with Crippen molar-refractivity contribution < 1.29 is 32.5 Å². The third kappa shape index (κ3) is 5.32. The van der Waals surface area contributed by atoms with Crippen molar-refractivity contribution in [2.45, 2.75) is 25.1 Å². The summed E-state index contributed by atoms with van der Waals surface area (Å²) in [5.74, 6) is -0.0957. The highest BCUT2D eigenvalue weighted by molar-refractivity contribution is 5.91. The van der Waals surface area contributed by atoms with Crippen LogP contribution in [0.3, 0.4) is 0 Å². The zero-order chi connectivity index (χ0) is 22.4. The number of imidazole rings is 1. The lowest BCUT2D eigenvalue weighted by molar-refractivity contribution is -0.272. The molecule has 0 aliphatic heterocycles. The first-order valence-electron chi connectivity index (χ1n) is 9.16. The smallest absolute Gasteiger partial charge is 0.424 e. The summed E-state index contributed by atoms with van der Waals surface area (Å²) < 4.78 is 52.1. The number of carbonyl (C=O) groups excluding carboxylic acids is 1. The average molecular weight is 427 g/mol. The number of halogens is 3. The summed E-state index contributed by atoms with van der Waals surface area (Å²) >= 11 is 0. The number of aryl methyl sites for hydroxylation is 1. The van der Waals surface area contributed by atoms with Gasteiger partial charge in [-0.2, -0.15) is 13.2 Å². The van der Waals surface area contributed by atoms with Crippen molar-refractivity contribution in [3.8, 4) is 11.5 Å². The molecule has 1 aromatic carbocycles. The topological polar surface area (TPSA) is 85.6 Å². The number of aromatic nitrogens is 2. The molecule has 0 fully saturated rings. The minimum absolute atomic E-state index is 0.404. The minimum Gasteiger partial charge on any atom is -0.493 e. The molecule has 0 spiro atoms. The second-order valence-electron chi connectivity index (χ2n) is 6.44. The monoisotopic (exact) mass is 427 g/mol. The Labute approximate surface area is 172 Å². The van der Waals surface area contributed by atoms with E-state index in [0.29, 0.717) is 23.7 Å². The predicted molar refractivity (Wildman–Crippen MR) is 104 cm³/mol. The number of alkyl halides is 3. The summed E-state index contributed by atoms with van der Waals surface area (Å²) in [6.07, 6.45) is -0.585. The van der Waals surface area contributed by atoms with Gasteiger partial charge in [0.25, 0.3) is 0 Å². The van der Waals surface area contributed by atoms with Crippen LogP contribution in [0.5, 0.6) is 11.5 Å². The van der Waals surface area contributed by atoms with Gasteiger partial charge >= 0.3 is 6.18 Å². The van der Waals surface area contributed by atoms with Crippen LogP contribution in [0.4, 0.5) is 13.2 Å². The number of hydrogen-bond donors (Lipinski definition) is 2. The lowest BCUT2D eigenvalue weighted by Gasteiger charge is -2.29. The Morgan fingerprint density at radius 1 is 1.33 bits per heavy atom. The summed E-state index contributed by atoms with van der Waals surface area (Å²) in [6.45, 7) is 1.85. The molecule has 1 heterocycles. The largest absolute Gasteiger partial charge is 0.493 e. The van der Waals surface area contributed by atoms with E-state index in [1.54, 1.807) is 18.2 Å². The normalized spacial score (nSPS) is 13.8. The number of rotatable bonds is 9. The number of carbonyl (C=O) groups is 1. The summed E-state index contributed by atoms with van der Waals surface area (Å²) in [7, 11) is 2.86. The van der Waals surface area contributed by atoms with E-state index < -0.39 is 36.5 Å². The van der Waals surface area contributed by atoms with Gasteiger partial charge in [0.1, 0.15) is 5.82 Å². The predicted octanol–water partition coefficient (Wildman–Crippen LogP) is 2.80. The Kier molecular flexibility index (Phi) is 7.49. The minimum atomic E-state index is -4.95. The number of ether oxygens (including phenoxy) is 2. The third-order valence-corrected chi connectivity index (χ3v) is 4.36. The summed E-state index contributed by atoms with van der Waals surface area (Å²) in [4.78, 5) is 15.6. The molecular formula is C20H24F3N3O4. The maximum Gasteiger partial charge on any atom is 0.424 e. The molecule has 0 bridgehead atoms. The van der Waals surface area contributed by atoms with Gasteiger partial charge in [0, 0.05) is 38.5 Å². The van der Waals surface area contributed by atoms with E-state index in [1.165, 1.54) is 38.7 Å². The molecule has 2 rings (SSSR count). The zero-order valence-corrected chi connectivity index (χ0v) is 16.9. The number of nitrogens with zero attached hydrogens (tertiary/aromatic N) is 2. The molecular weight excluding hydrogens is 403 g/mol. The van der Waals surface area contributed by atoms with E-state index >= 15 is 0 Å². The van der Waals surface area contributed by atoms with Gasteiger partial charge in [-0.25, -0.2) is 4.98 Å². The molecule has 1 unspecified atom stereocenters. The van der Waals surface area contributed by atoms with Crippen LogP contribution in [0.2, 0.25) is 0 Å². The molecule has 0 saturated carbocycles. The van der Waals surface area contributed by atoms with E-state index in [2.05, 4.69) is 10.3 Å². The maximum absolute atomic E-state index is 13.5. The number of aliphatic hydroxyl groups is 1. The standard InChI is InChI=1S/C20H24F3N3O4/c1-4-30-16-13-14(5-7-15(16)29-3)6-8-17(27)24-10-9-19(28,20(21,22)23)18-25-11-12-26(18)2/h5-8,11-13,28H,4,9-10H2,1-3H3,(H,24,27)/b8-6+. The van der Waals surface area contributed by atoms with E-state index in [9.17, 15) is 23.1 Å². The van der Waals surface area contributed by atoms with Crippen LogP contribution in [0, 0.1) is 0 Å². The second-order valence-corrected chi connectivity index (χ2v) is 6.44. The molecule has 0 aliphatic carbocycles. The lowest BCUT2D eigenvalue weighted by atomic mass is 9.97. The second kappa shape index (κ2) is 9.66. The molecule has 0 radical (unpaired) electrons. The Balaban J connectivity index is 2.02. The fourth-order valence-electron chi connectivity index (χ4n) is 2.81. The van der Waals surface area contributed by atoms with Crippen molar-refractivity contribution in [2.24, 2.45) is 7.05 Å². The van der Waals surface area contributed by atoms with Crippen molar-refractivity contribution in [3.05, 3.63) is 48.1 Å². The fourth-order valence-corrected chi connectivity index (χ4v) is 2.81. The molecule has 10 heteroatoms. The van der Waals surface area contributed by atoms with Gasteiger partial charge in [-0.3, -0.25) is 4.79 Å². The van der Waals surface area contributed by atoms with Crippen molar-refractivity contribution in [2.75, 3.05) is 20.3 Å². The fraction of sp³-hybridized carbons (Fsp3) is 0.400. The van der Waals surface area contributed by atoms with Crippen molar-refractivity contribution in [1.29, 1.82) is 0 Å². The van der Waals surface area contributed by atoms with Crippen LogP contribution < -0.4 is 14.8 Å². The molecule has 1 amide bonds. The molecule has 2 N–H and O–H groups in total. The van der Waals surface area contributed by atoms with Gasteiger partial charge in [-0.1, -0.05) is 6.07 Å². The van der Waals surface area contributed by atoms with Gasteiger partial charge in [0.15, 0.2) is 11.5 Å². The Hall–Kier alpha value is -3.01. The highest BCUT2D eigenvalue weighted by Gasteiger charge is 2.57. The van der Waals surface area contributed by atoms with Gasteiger partial charge in [-0.05, 0) is 30.7 Å². The first kappa shape index (κ1) is 23.3. The molecule has 30 heavy (non-hydrogen) atoms. The Bertz CT molecular complexity index is 896. The van der Waals surface area contributed by atoms with Crippen LogP contribution in [0.25, 0.3) is 6.08 Å².